The highest BCUT2D eigenvalue weighted by Gasteiger charge is 2.62. The second kappa shape index (κ2) is 4.63. The maximum absolute atomic E-state index is 12.5. The van der Waals surface area contributed by atoms with Crippen molar-refractivity contribution in [1.29, 1.82) is 0 Å². The second-order valence-electron chi connectivity index (χ2n) is 6.73. The first-order valence-corrected chi connectivity index (χ1v) is 8.23. The quantitative estimate of drug-likeness (QED) is 0.827. The maximum Gasteiger partial charge on any atom is 0.252 e. The van der Waals surface area contributed by atoms with Gasteiger partial charge < -0.3 is 14.6 Å². The van der Waals surface area contributed by atoms with Gasteiger partial charge in [-0.15, -0.1) is 0 Å². The molecule has 6 heteroatoms. The van der Waals surface area contributed by atoms with Gasteiger partial charge in [-0.1, -0.05) is 30.3 Å². The van der Waals surface area contributed by atoms with Crippen LogP contribution in [0.5, 0.6) is 0 Å². The Hall–Kier alpha value is -2.76. The zero-order valence-corrected chi connectivity index (χ0v) is 13.0. The predicted molar refractivity (Wildman–Crippen MR) is 88.6 cm³/mol. The van der Waals surface area contributed by atoms with Crippen LogP contribution >= 0.6 is 0 Å². The van der Waals surface area contributed by atoms with E-state index >= 15 is 0 Å². The van der Waals surface area contributed by atoms with Gasteiger partial charge in [-0.2, -0.15) is 0 Å². The third kappa shape index (κ3) is 1.65. The van der Waals surface area contributed by atoms with Crippen LogP contribution in [0.1, 0.15) is 12.8 Å². The first-order valence-electron chi connectivity index (χ1n) is 8.23. The van der Waals surface area contributed by atoms with Gasteiger partial charge in [-0.3, -0.25) is 14.9 Å². The standard InChI is InChI=1S/C18H17N3O3/c22-15-12-8-18(9-12,17(23)20-15)21-7-6-19-14-13(10-24-16(14)21)11-4-2-1-3-5-11/h1-5,10,12,19H,6-9H2,(H,20,22,23). The zero-order chi connectivity index (χ0) is 16.3. The molecule has 2 amide bonds. The molecule has 2 aromatic rings. The topological polar surface area (TPSA) is 74.6 Å². The van der Waals surface area contributed by atoms with Crippen molar-refractivity contribution >= 4 is 23.4 Å². The summed E-state index contributed by atoms with van der Waals surface area (Å²) in [6.45, 7) is 1.42. The van der Waals surface area contributed by atoms with E-state index in [0.29, 0.717) is 25.3 Å². The SMILES string of the molecule is O=C1NC(=O)C2(N3CCNc4c(-c5ccccc5)coc43)CC1C2. The average Bonchev–Trinajstić information content (AvgIpc) is 2.98. The van der Waals surface area contributed by atoms with Crippen molar-refractivity contribution in [2.45, 2.75) is 18.4 Å². The Labute approximate surface area is 138 Å². The lowest BCUT2D eigenvalue weighted by Crippen LogP contribution is -2.74. The summed E-state index contributed by atoms with van der Waals surface area (Å²) in [7, 11) is 0. The molecule has 24 heavy (non-hydrogen) atoms. The third-order valence-electron chi connectivity index (χ3n) is 5.45. The summed E-state index contributed by atoms with van der Waals surface area (Å²) in [5.74, 6) is 0.315. The van der Waals surface area contributed by atoms with Crippen LogP contribution in [0.4, 0.5) is 11.6 Å². The number of imide groups is 1. The number of hydrogen-bond donors (Lipinski definition) is 2. The molecule has 2 N–H and O–H groups in total. The minimum atomic E-state index is -0.638. The van der Waals surface area contributed by atoms with Crippen molar-refractivity contribution < 1.29 is 14.0 Å². The van der Waals surface area contributed by atoms with Crippen LogP contribution in [-0.4, -0.2) is 30.4 Å². The maximum atomic E-state index is 12.5. The van der Waals surface area contributed by atoms with Crippen molar-refractivity contribution in [2.75, 3.05) is 23.3 Å². The Morgan fingerprint density at radius 3 is 2.71 bits per heavy atom. The van der Waals surface area contributed by atoms with E-state index in [1.54, 1.807) is 6.26 Å². The molecule has 4 heterocycles. The Morgan fingerprint density at radius 1 is 1.17 bits per heavy atom. The van der Waals surface area contributed by atoms with E-state index < -0.39 is 5.54 Å². The lowest BCUT2D eigenvalue weighted by molar-refractivity contribution is -0.150. The molecule has 4 aliphatic rings. The summed E-state index contributed by atoms with van der Waals surface area (Å²) >= 11 is 0. The highest BCUT2D eigenvalue weighted by Crippen LogP contribution is 2.51. The summed E-state index contributed by atoms with van der Waals surface area (Å²) in [4.78, 5) is 26.3. The van der Waals surface area contributed by atoms with Crippen molar-refractivity contribution in [3.8, 4) is 11.1 Å². The Morgan fingerprint density at radius 2 is 1.96 bits per heavy atom. The van der Waals surface area contributed by atoms with Crippen molar-refractivity contribution in [2.24, 2.45) is 5.92 Å². The minimum absolute atomic E-state index is 0.0513. The normalized spacial score (nSPS) is 27.8. The molecule has 2 saturated heterocycles. The van der Waals surface area contributed by atoms with Crippen LogP contribution in [0.25, 0.3) is 11.1 Å². The van der Waals surface area contributed by atoms with Gasteiger partial charge in [0.15, 0.2) is 0 Å². The monoisotopic (exact) mass is 323 g/mol. The molecule has 3 fully saturated rings. The molecule has 0 radical (unpaired) electrons. The van der Waals surface area contributed by atoms with E-state index in [1.165, 1.54) is 0 Å². The summed E-state index contributed by atoms with van der Waals surface area (Å²) in [6, 6.07) is 10.0. The van der Waals surface area contributed by atoms with E-state index in [-0.39, 0.29) is 17.7 Å². The second-order valence-corrected chi connectivity index (χ2v) is 6.73. The van der Waals surface area contributed by atoms with Crippen LogP contribution in [0.2, 0.25) is 0 Å². The number of nitrogens with zero attached hydrogens (tertiary/aromatic N) is 1. The molecule has 1 aromatic heterocycles. The third-order valence-corrected chi connectivity index (χ3v) is 5.45. The molecule has 3 aliphatic heterocycles. The highest BCUT2D eigenvalue weighted by molar-refractivity contribution is 6.09. The molecule has 6 nitrogen and oxygen atoms in total. The van der Waals surface area contributed by atoms with Crippen molar-refractivity contribution in [3.05, 3.63) is 36.6 Å². The molecule has 0 atom stereocenters. The smallest absolute Gasteiger partial charge is 0.252 e. The molecule has 0 unspecified atom stereocenters. The molecule has 1 saturated carbocycles. The average molecular weight is 323 g/mol. The van der Waals surface area contributed by atoms with E-state index in [9.17, 15) is 9.59 Å². The number of rotatable bonds is 2. The van der Waals surface area contributed by atoms with Gasteiger partial charge in [0.1, 0.15) is 17.5 Å². The number of anilines is 2. The van der Waals surface area contributed by atoms with E-state index in [0.717, 1.165) is 23.4 Å². The summed E-state index contributed by atoms with van der Waals surface area (Å²) in [5.41, 5.74) is 2.36. The number of benzene rings is 1. The fourth-order valence-corrected chi connectivity index (χ4v) is 4.15. The number of carbonyl (C=O) groups excluding carboxylic acids is 2. The first kappa shape index (κ1) is 13.7. The molecular weight excluding hydrogens is 306 g/mol. The number of nitrogens with one attached hydrogen (secondary N) is 2. The van der Waals surface area contributed by atoms with E-state index in [2.05, 4.69) is 10.6 Å². The molecule has 6 rings (SSSR count). The summed E-state index contributed by atoms with van der Waals surface area (Å²) < 4.78 is 5.87. The van der Waals surface area contributed by atoms with Gasteiger partial charge in [0.2, 0.25) is 11.8 Å². The van der Waals surface area contributed by atoms with Gasteiger partial charge in [0.25, 0.3) is 5.91 Å². The first-order chi connectivity index (χ1) is 11.7. The fraction of sp³-hybridized carbons (Fsp3) is 0.333. The van der Waals surface area contributed by atoms with E-state index in [1.807, 2.05) is 35.2 Å². The zero-order valence-electron chi connectivity index (χ0n) is 13.0. The number of hydrogen-bond acceptors (Lipinski definition) is 5. The summed E-state index contributed by atoms with van der Waals surface area (Å²) in [5, 5.41) is 5.91. The van der Waals surface area contributed by atoms with Crippen LogP contribution in [-0.2, 0) is 9.59 Å². The van der Waals surface area contributed by atoms with E-state index in [4.69, 9.17) is 4.42 Å². The summed E-state index contributed by atoms with van der Waals surface area (Å²) in [6.07, 6.45) is 2.90. The molecular formula is C18H17N3O3. The van der Waals surface area contributed by atoms with Crippen molar-refractivity contribution in [1.82, 2.24) is 5.32 Å². The van der Waals surface area contributed by atoms with Gasteiger partial charge in [0.05, 0.1) is 0 Å². The Bertz CT molecular complexity index is 836. The predicted octanol–water partition coefficient (Wildman–Crippen LogP) is 1.98. The van der Waals surface area contributed by atoms with Crippen LogP contribution in [0.15, 0.2) is 41.0 Å². The number of piperidine rings is 2. The molecule has 1 aromatic carbocycles. The fourth-order valence-electron chi connectivity index (χ4n) is 4.15. The number of fused-ring (bicyclic) bond motifs is 3. The molecule has 0 spiro atoms. The molecule has 1 aliphatic carbocycles. The van der Waals surface area contributed by atoms with Gasteiger partial charge >= 0.3 is 0 Å². The largest absolute Gasteiger partial charge is 0.446 e. The molecule has 2 bridgehead atoms. The number of carbonyl (C=O) groups is 2. The minimum Gasteiger partial charge on any atom is -0.446 e. The highest BCUT2D eigenvalue weighted by atomic mass is 16.3. The number of amides is 2. The van der Waals surface area contributed by atoms with Gasteiger partial charge in [-0.25, -0.2) is 0 Å². The van der Waals surface area contributed by atoms with Gasteiger partial charge in [-0.05, 0) is 18.4 Å². The van der Waals surface area contributed by atoms with Crippen LogP contribution in [0, 0.1) is 5.92 Å². The lowest BCUT2D eigenvalue weighted by atomic mass is 9.63. The molecule has 122 valence electrons. The lowest BCUT2D eigenvalue weighted by Gasteiger charge is -2.55. The Balaban J connectivity index is 1.56. The van der Waals surface area contributed by atoms with Crippen molar-refractivity contribution in [3.63, 3.8) is 0 Å². The van der Waals surface area contributed by atoms with Crippen LogP contribution in [0.3, 0.4) is 0 Å². The van der Waals surface area contributed by atoms with Gasteiger partial charge in [0, 0.05) is 24.6 Å². The number of furan rings is 1. The van der Waals surface area contributed by atoms with Crippen LogP contribution < -0.4 is 15.5 Å². The Kier molecular flexibility index (Phi) is 2.63.